The summed E-state index contributed by atoms with van der Waals surface area (Å²) < 4.78 is 11.7. The van der Waals surface area contributed by atoms with E-state index in [0.717, 1.165) is 41.0 Å². The molecule has 7 rings (SSSR count). The number of esters is 1. The molecule has 202 valence electrons. The Bertz CT molecular complexity index is 1640. The van der Waals surface area contributed by atoms with Gasteiger partial charge in [0.25, 0.3) is 0 Å². The van der Waals surface area contributed by atoms with E-state index in [1.165, 1.54) is 6.33 Å². The number of amides is 1. The molecule has 2 aliphatic carbocycles. The minimum atomic E-state index is -0.865. The van der Waals surface area contributed by atoms with Gasteiger partial charge in [-0.05, 0) is 61.7 Å². The van der Waals surface area contributed by atoms with Gasteiger partial charge < -0.3 is 25.4 Å². The van der Waals surface area contributed by atoms with Crippen LogP contribution in [0.15, 0.2) is 67.1 Å². The Morgan fingerprint density at radius 3 is 2.62 bits per heavy atom. The Balaban J connectivity index is 1.11. The van der Waals surface area contributed by atoms with Crippen molar-refractivity contribution in [1.82, 2.24) is 15.0 Å². The second-order valence-electron chi connectivity index (χ2n) is 10.8. The molecule has 3 aliphatic rings. The Hall–Kier alpha value is -4.73. The third kappa shape index (κ3) is 4.16. The molecule has 3 fully saturated rings. The van der Waals surface area contributed by atoms with Crippen LogP contribution in [-0.2, 0) is 14.3 Å². The maximum atomic E-state index is 12.5. The Labute approximate surface area is 230 Å². The van der Waals surface area contributed by atoms with E-state index in [4.69, 9.17) is 15.2 Å². The monoisotopic (exact) mass is 536 g/mol. The molecule has 2 saturated carbocycles. The molecule has 1 amide bonds. The number of rotatable bonds is 8. The van der Waals surface area contributed by atoms with Crippen molar-refractivity contribution in [3.05, 3.63) is 72.7 Å². The van der Waals surface area contributed by atoms with Crippen molar-refractivity contribution in [2.45, 2.75) is 25.9 Å². The van der Waals surface area contributed by atoms with Crippen LogP contribution in [0.2, 0.25) is 0 Å². The number of para-hydroxylation sites is 1. The summed E-state index contributed by atoms with van der Waals surface area (Å²) in [5, 5.41) is 4.19. The van der Waals surface area contributed by atoms with Gasteiger partial charge in [-0.15, -0.1) is 0 Å². The molecule has 2 aromatic carbocycles. The third-order valence-corrected chi connectivity index (χ3v) is 8.15. The molecule has 0 spiro atoms. The normalized spacial score (nSPS) is 23.0. The lowest BCUT2D eigenvalue weighted by Gasteiger charge is -2.24. The van der Waals surface area contributed by atoms with Crippen molar-refractivity contribution in [2.24, 2.45) is 23.0 Å². The van der Waals surface area contributed by atoms with Crippen molar-refractivity contribution in [3.8, 4) is 11.5 Å². The van der Waals surface area contributed by atoms with Crippen LogP contribution in [0.3, 0.4) is 0 Å². The summed E-state index contributed by atoms with van der Waals surface area (Å²) in [4.78, 5) is 40.2. The van der Waals surface area contributed by atoms with E-state index in [-0.39, 0.29) is 17.8 Å². The average Bonchev–Trinajstić information content (AvgIpc) is 3.86. The highest BCUT2D eigenvalue weighted by Crippen LogP contribution is 2.60. The van der Waals surface area contributed by atoms with Crippen molar-refractivity contribution in [3.63, 3.8) is 0 Å². The van der Waals surface area contributed by atoms with Gasteiger partial charge in [-0.25, -0.2) is 15.0 Å². The van der Waals surface area contributed by atoms with Crippen LogP contribution in [0.25, 0.3) is 10.9 Å². The number of aryl methyl sites for hydroxylation is 1. The highest BCUT2D eigenvalue weighted by atomic mass is 16.6. The van der Waals surface area contributed by atoms with Gasteiger partial charge >= 0.3 is 5.97 Å². The van der Waals surface area contributed by atoms with Gasteiger partial charge in [0, 0.05) is 30.1 Å². The van der Waals surface area contributed by atoms with E-state index in [9.17, 15) is 9.59 Å². The number of hydrogen-bond donors (Lipinski definition) is 2. The van der Waals surface area contributed by atoms with Gasteiger partial charge in [-0.1, -0.05) is 18.2 Å². The zero-order valence-electron chi connectivity index (χ0n) is 21.9. The van der Waals surface area contributed by atoms with Crippen LogP contribution in [0.1, 0.15) is 18.4 Å². The first-order valence-corrected chi connectivity index (χ1v) is 13.4. The van der Waals surface area contributed by atoms with Gasteiger partial charge in [-0.3, -0.25) is 9.59 Å². The van der Waals surface area contributed by atoms with Gasteiger partial charge in [0.1, 0.15) is 41.0 Å². The molecule has 1 aliphatic heterocycles. The van der Waals surface area contributed by atoms with Gasteiger partial charge in [0.2, 0.25) is 5.91 Å². The van der Waals surface area contributed by atoms with Gasteiger partial charge in [-0.2, -0.15) is 0 Å². The topological polar surface area (TPSA) is 133 Å². The molecule has 1 saturated heterocycles. The number of benzene rings is 2. The molecule has 0 bridgehead atoms. The molecule has 4 aromatic rings. The maximum absolute atomic E-state index is 12.5. The molecule has 3 unspecified atom stereocenters. The van der Waals surface area contributed by atoms with Crippen LogP contribution < -0.4 is 20.7 Å². The Morgan fingerprint density at radius 1 is 1.07 bits per heavy atom. The zero-order chi connectivity index (χ0) is 27.4. The summed E-state index contributed by atoms with van der Waals surface area (Å²) in [6.45, 7) is 2.88. The van der Waals surface area contributed by atoms with E-state index in [1.54, 1.807) is 6.20 Å². The van der Waals surface area contributed by atoms with E-state index >= 15 is 0 Å². The predicted molar refractivity (Wildman–Crippen MR) is 148 cm³/mol. The van der Waals surface area contributed by atoms with Crippen molar-refractivity contribution < 1.29 is 19.1 Å². The maximum Gasteiger partial charge on any atom is 0.309 e. The number of aromatic nitrogens is 3. The van der Waals surface area contributed by atoms with Crippen LogP contribution in [-0.4, -0.2) is 46.0 Å². The standard InChI is InChI=1S/C30H28N6O4/c1-17-11-19(9-10-24(17)39-20-5-3-2-4-6-20)35-27-21-12-25(32-13-23(21)33-16-34-27)36-14-22-26(30(22,15-36)29(31)38)40-28(37)18-7-8-18/h2-6,9-13,16,18,22,26H,7-8,14-15H2,1H3,(H2,31,38)(H,33,34,35). The SMILES string of the molecule is Cc1cc(Nc2ncnc3cnc(N4CC5C(OC(=O)C6CC6)C5(C(N)=O)C4)cc23)ccc1Oc1ccccc1. The summed E-state index contributed by atoms with van der Waals surface area (Å²) in [6.07, 6.45) is 4.46. The number of pyridine rings is 1. The lowest BCUT2D eigenvalue weighted by Crippen LogP contribution is -2.38. The number of carbonyl (C=O) groups is 2. The molecule has 10 nitrogen and oxygen atoms in total. The summed E-state index contributed by atoms with van der Waals surface area (Å²) >= 11 is 0. The lowest BCUT2D eigenvalue weighted by molar-refractivity contribution is -0.148. The van der Waals surface area contributed by atoms with Crippen LogP contribution in [0, 0.1) is 24.2 Å². The fourth-order valence-corrected chi connectivity index (χ4v) is 5.68. The number of anilines is 3. The van der Waals surface area contributed by atoms with Gasteiger partial charge in [0.05, 0.1) is 17.6 Å². The van der Waals surface area contributed by atoms with Crippen LogP contribution >= 0.6 is 0 Å². The molecule has 3 N–H and O–H groups in total. The first-order chi connectivity index (χ1) is 19.4. The summed E-state index contributed by atoms with van der Waals surface area (Å²) in [5.74, 6) is 2.07. The smallest absolute Gasteiger partial charge is 0.309 e. The third-order valence-electron chi connectivity index (χ3n) is 8.15. The molecular weight excluding hydrogens is 508 g/mol. The fourth-order valence-electron chi connectivity index (χ4n) is 5.68. The van der Waals surface area contributed by atoms with Crippen LogP contribution in [0.4, 0.5) is 17.3 Å². The largest absolute Gasteiger partial charge is 0.461 e. The first kappa shape index (κ1) is 24.3. The number of nitrogens with zero attached hydrogens (tertiary/aromatic N) is 4. The van der Waals surface area contributed by atoms with E-state index in [2.05, 4.69) is 20.3 Å². The molecule has 0 radical (unpaired) electrons. The molecule has 3 heterocycles. The highest BCUT2D eigenvalue weighted by molar-refractivity contribution is 5.93. The number of nitrogens with two attached hydrogens (primary N) is 1. The Morgan fingerprint density at radius 2 is 1.90 bits per heavy atom. The zero-order valence-corrected chi connectivity index (χ0v) is 21.9. The minimum Gasteiger partial charge on any atom is -0.461 e. The average molecular weight is 537 g/mol. The summed E-state index contributed by atoms with van der Waals surface area (Å²) in [6, 6.07) is 17.4. The second-order valence-corrected chi connectivity index (χ2v) is 10.8. The minimum absolute atomic E-state index is 0.0215. The first-order valence-electron chi connectivity index (χ1n) is 13.4. The number of piperidine rings is 1. The second kappa shape index (κ2) is 9.18. The van der Waals surface area contributed by atoms with E-state index in [0.29, 0.717) is 30.2 Å². The van der Waals surface area contributed by atoms with Crippen LogP contribution in [0.5, 0.6) is 11.5 Å². The number of fused-ring (bicyclic) bond motifs is 2. The molecule has 10 heteroatoms. The van der Waals surface area contributed by atoms with Crippen molar-refractivity contribution in [2.75, 3.05) is 23.3 Å². The fraction of sp³-hybridized carbons (Fsp3) is 0.300. The summed E-state index contributed by atoms with van der Waals surface area (Å²) in [7, 11) is 0. The number of hydrogen-bond acceptors (Lipinski definition) is 9. The highest BCUT2D eigenvalue weighted by Gasteiger charge is 2.76. The molecule has 2 aromatic heterocycles. The predicted octanol–water partition coefficient (Wildman–Crippen LogP) is 4.11. The number of primary amides is 1. The number of carbonyl (C=O) groups excluding carboxylic acids is 2. The Kier molecular flexibility index (Phi) is 5.58. The number of nitrogens with one attached hydrogen (secondary N) is 1. The van der Waals surface area contributed by atoms with Gasteiger partial charge in [0.15, 0.2) is 0 Å². The van der Waals surface area contributed by atoms with E-state index < -0.39 is 17.4 Å². The lowest BCUT2D eigenvalue weighted by atomic mass is 10.1. The number of ether oxygens (including phenoxy) is 2. The molecule has 40 heavy (non-hydrogen) atoms. The molecular formula is C30H28N6O4. The quantitative estimate of drug-likeness (QED) is 0.319. The van der Waals surface area contributed by atoms with E-state index in [1.807, 2.05) is 66.4 Å². The van der Waals surface area contributed by atoms with Crippen molar-refractivity contribution >= 4 is 40.1 Å². The summed E-state index contributed by atoms with van der Waals surface area (Å²) in [5.41, 5.74) is 7.47. The molecule has 3 atom stereocenters. The van der Waals surface area contributed by atoms with Crippen molar-refractivity contribution in [1.29, 1.82) is 0 Å².